The minimum Gasteiger partial charge on any atom is -0.478 e. The van der Waals surface area contributed by atoms with Crippen molar-refractivity contribution in [1.82, 2.24) is 15.3 Å². The van der Waals surface area contributed by atoms with Crippen LogP contribution in [0, 0.1) is 5.41 Å². The Balaban J connectivity index is 1.23. The molecule has 3 aromatic carbocycles. The molecule has 1 amide bonds. The molecule has 0 saturated carbocycles. The van der Waals surface area contributed by atoms with Gasteiger partial charge in [-0.2, -0.15) is 4.98 Å². The Morgan fingerprint density at radius 2 is 1.68 bits per heavy atom. The van der Waals surface area contributed by atoms with E-state index >= 15 is 0 Å². The monoisotopic (exact) mass is 586 g/mol. The molecule has 2 heterocycles. The quantitative estimate of drug-likeness (QED) is 0.123. The number of carboxylic acids is 1. The lowest BCUT2D eigenvalue weighted by Crippen LogP contribution is -2.23. The normalized spacial score (nSPS) is 11.0. The standard InChI is InChI=1S/C33H26N6O5/c34-21-6-9-24-27(14-21)44-28-15-22(35)7-10-25(28)30(24)23-8-5-20(13-26(23)32(41)42)31(40)38-16-18-1-3-19(4-2-18)17-43-33-37-12-11-29(36)39-33/h1-15,34H,16-17,35H2,(H,38,40)(H,41,42)(H2,36,37,39). The van der Waals surface area contributed by atoms with Crippen molar-refractivity contribution in [2.75, 3.05) is 11.5 Å². The molecule has 2 aliphatic rings. The molecule has 0 bridgehead atoms. The maximum atomic E-state index is 13.1. The fourth-order valence-electron chi connectivity index (χ4n) is 4.89. The van der Waals surface area contributed by atoms with Crippen LogP contribution >= 0.6 is 0 Å². The SMILES string of the molecule is N=c1ccc2c(-c3ccc(C(=O)NCc4ccc(COc5nccc(N)n5)cc4)cc3C(=O)O)c3ccc(N)cc3oc-2c1. The second-order valence-corrected chi connectivity index (χ2v) is 10.1. The Kier molecular flexibility index (Phi) is 7.34. The third-order valence-electron chi connectivity index (χ3n) is 7.03. The molecule has 1 aliphatic carbocycles. The van der Waals surface area contributed by atoms with E-state index in [1.807, 2.05) is 24.3 Å². The average Bonchev–Trinajstić information content (AvgIpc) is 3.01. The van der Waals surface area contributed by atoms with Crippen LogP contribution in [0.4, 0.5) is 11.5 Å². The van der Waals surface area contributed by atoms with E-state index in [9.17, 15) is 14.7 Å². The van der Waals surface area contributed by atoms with E-state index in [0.29, 0.717) is 44.9 Å². The van der Waals surface area contributed by atoms with Crippen LogP contribution in [0.5, 0.6) is 6.01 Å². The summed E-state index contributed by atoms with van der Waals surface area (Å²) in [5, 5.41) is 22.0. The highest BCUT2D eigenvalue weighted by Crippen LogP contribution is 2.41. The second-order valence-electron chi connectivity index (χ2n) is 10.1. The second kappa shape index (κ2) is 11.6. The number of nitrogens with two attached hydrogens (primary N) is 2. The molecule has 11 nitrogen and oxygen atoms in total. The number of rotatable bonds is 8. The van der Waals surface area contributed by atoms with Gasteiger partial charge in [-0.1, -0.05) is 30.3 Å². The topological polar surface area (TPSA) is 190 Å². The van der Waals surface area contributed by atoms with Gasteiger partial charge in [0.1, 0.15) is 23.8 Å². The summed E-state index contributed by atoms with van der Waals surface area (Å²) in [4.78, 5) is 33.6. The van der Waals surface area contributed by atoms with Crippen molar-refractivity contribution in [3.63, 3.8) is 0 Å². The van der Waals surface area contributed by atoms with E-state index in [4.69, 9.17) is 26.0 Å². The van der Waals surface area contributed by atoms with E-state index in [1.54, 1.807) is 54.6 Å². The number of hydrogen-bond acceptors (Lipinski definition) is 9. The summed E-state index contributed by atoms with van der Waals surface area (Å²) in [6.45, 7) is 0.479. The Morgan fingerprint density at radius 1 is 0.909 bits per heavy atom. The third-order valence-corrected chi connectivity index (χ3v) is 7.03. The molecule has 6 rings (SSSR count). The first-order chi connectivity index (χ1) is 21.2. The molecular weight excluding hydrogens is 560 g/mol. The van der Waals surface area contributed by atoms with Crippen LogP contribution < -0.4 is 26.9 Å². The van der Waals surface area contributed by atoms with Gasteiger partial charge in [-0.15, -0.1) is 0 Å². The molecule has 0 unspecified atom stereocenters. The summed E-state index contributed by atoms with van der Waals surface area (Å²) in [5.41, 5.74) is 16.1. The van der Waals surface area contributed by atoms with Gasteiger partial charge in [0.05, 0.1) is 10.9 Å². The molecule has 0 radical (unpaired) electrons. The van der Waals surface area contributed by atoms with E-state index in [0.717, 1.165) is 11.1 Å². The van der Waals surface area contributed by atoms with Crippen LogP contribution in [-0.2, 0) is 13.2 Å². The molecule has 4 aromatic rings. The van der Waals surface area contributed by atoms with Gasteiger partial charge in [0.25, 0.3) is 5.91 Å². The number of nitrogens with one attached hydrogen (secondary N) is 2. The number of carbonyl (C=O) groups excluding carboxylic acids is 1. The first-order valence-corrected chi connectivity index (χ1v) is 13.5. The van der Waals surface area contributed by atoms with E-state index < -0.39 is 11.9 Å². The lowest BCUT2D eigenvalue weighted by molar-refractivity contribution is 0.0697. The lowest BCUT2D eigenvalue weighted by atomic mass is 9.89. The van der Waals surface area contributed by atoms with Gasteiger partial charge in [0.15, 0.2) is 0 Å². The molecule has 7 N–H and O–H groups in total. The molecule has 0 fully saturated rings. The average molecular weight is 587 g/mol. The number of carboxylic acid groups (broad SMARTS) is 1. The van der Waals surface area contributed by atoms with Gasteiger partial charge < -0.3 is 36.5 Å². The number of ether oxygens (including phenoxy) is 1. The van der Waals surface area contributed by atoms with Crippen LogP contribution in [0.25, 0.3) is 33.4 Å². The molecule has 1 aliphatic heterocycles. The van der Waals surface area contributed by atoms with Crippen molar-refractivity contribution in [2.24, 2.45) is 0 Å². The number of carbonyl (C=O) groups is 2. The molecule has 218 valence electrons. The van der Waals surface area contributed by atoms with Crippen LogP contribution in [0.3, 0.4) is 0 Å². The van der Waals surface area contributed by atoms with Gasteiger partial charge in [-0.05, 0) is 59.2 Å². The summed E-state index contributed by atoms with van der Waals surface area (Å²) in [5.74, 6) is -0.877. The summed E-state index contributed by atoms with van der Waals surface area (Å²) in [6, 6.07) is 23.8. The number of anilines is 2. The van der Waals surface area contributed by atoms with Gasteiger partial charge in [0.2, 0.25) is 0 Å². The lowest BCUT2D eigenvalue weighted by Gasteiger charge is -2.17. The summed E-state index contributed by atoms with van der Waals surface area (Å²) in [6.07, 6.45) is 1.52. The first kappa shape index (κ1) is 27.9. The number of nitrogens with zero attached hydrogens (tertiary/aromatic N) is 2. The number of aromatic nitrogens is 2. The highest BCUT2D eigenvalue weighted by atomic mass is 16.5. The highest BCUT2D eigenvalue weighted by Gasteiger charge is 2.23. The van der Waals surface area contributed by atoms with Gasteiger partial charge in [-0.3, -0.25) is 4.79 Å². The summed E-state index contributed by atoms with van der Waals surface area (Å²) in [7, 11) is 0. The minimum atomic E-state index is -1.19. The highest BCUT2D eigenvalue weighted by molar-refractivity contribution is 6.09. The molecule has 0 saturated heterocycles. The van der Waals surface area contributed by atoms with E-state index in [2.05, 4.69) is 15.3 Å². The van der Waals surface area contributed by atoms with Crippen molar-refractivity contribution in [1.29, 1.82) is 5.41 Å². The third kappa shape index (κ3) is 5.74. The Labute approximate surface area is 250 Å². The number of hydrogen-bond donors (Lipinski definition) is 5. The van der Waals surface area contributed by atoms with E-state index in [-0.39, 0.29) is 35.6 Å². The van der Waals surface area contributed by atoms with Crippen LogP contribution in [0.1, 0.15) is 31.8 Å². The molecule has 1 aromatic heterocycles. The Hall–Kier alpha value is -6.23. The van der Waals surface area contributed by atoms with Crippen molar-refractivity contribution in [3.8, 4) is 28.5 Å². The molecular formula is C33H26N6O5. The van der Waals surface area contributed by atoms with Gasteiger partial charge in [0, 0.05) is 52.6 Å². The van der Waals surface area contributed by atoms with Crippen LogP contribution in [0.15, 0.2) is 95.5 Å². The largest absolute Gasteiger partial charge is 0.478 e. The van der Waals surface area contributed by atoms with Crippen molar-refractivity contribution in [3.05, 3.63) is 119 Å². The summed E-state index contributed by atoms with van der Waals surface area (Å²) < 4.78 is 11.6. The first-order valence-electron chi connectivity index (χ1n) is 13.5. The Bertz CT molecular complexity index is 2070. The number of amides is 1. The predicted molar refractivity (Wildman–Crippen MR) is 164 cm³/mol. The maximum absolute atomic E-state index is 13.1. The minimum absolute atomic E-state index is 0.0493. The Morgan fingerprint density at radius 3 is 2.45 bits per heavy atom. The zero-order valence-corrected chi connectivity index (χ0v) is 23.2. The van der Waals surface area contributed by atoms with Crippen LogP contribution in [-0.4, -0.2) is 27.0 Å². The van der Waals surface area contributed by atoms with Gasteiger partial charge in [-0.25, -0.2) is 9.78 Å². The summed E-state index contributed by atoms with van der Waals surface area (Å²) >= 11 is 0. The number of benzene rings is 4. The van der Waals surface area contributed by atoms with E-state index in [1.165, 1.54) is 12.3 Å². The fourth-order valence-corrected chi connectivity index (χ4v) is 4.89. The van der Waals surface area contributed by atoms with Gasteiger partial charge >= 0.3 is 12.0 Å². The van der Waals surface area contributed by atoms with Crippen molar-refractivity contribution >= 4 is 34.4 Å². The molecule has 44 heavy (non-hydrogen) atoms. The number of nitrogen functional groups attached to an aromatic ring is 2. The zero-order valence-electron chi connectivity index (χ0n) is 23.2. The molecule has 11 heteroatoms. The number of fused-ring (bicyclic) bond motifs is 2. The van der Waals surface area contributed by atoms with Crippen molar-refractivity contribution in [2.45, 2.75) is 13.2 Å². The fraction of sp³-hybridized carbons (Fsp3) is 0.0606. The molecule has 0 spiro atoms. The predicted octanol–water partition coefficient (Wildman–Crippen LogP) is 4.85. The van der Waals surface area contributed by atoms with Crippen LogP contribution in [0.2, 0.25) is 0 Å². The zero-order chi connectivity index (χ0) is 30.8. The van der Waals surface area contributed by atoms with Crippen molar-refractivity contribution < 1.29 is 23.8 Å². The molecule has 0 atom stereocenters. The maximum Gasteiger partial charge on any atom is 0.336 e. The number of aromatic carboxylic acids is 1. The smallest absolute Gasteiger partial charge is 0.336 e.